The third-order valence-corrected chi connectivity index (χ3v) is 27.2. The maximum atomic E-state index is 12.7. The first-order chi connectivity index (χ1) is 66.9. The Balaban J connectivity index is 0.699. The molecule has 0 aliphatic carbocycles. The maximum absolute atomic E-state index is 12.7. The zero-order valence-corrected chi connectivity index (χ0v) is 73.7. The minimum atomic E-state index is -2.35. The zero-order chi connectivity index (χ0) is 101. The first-order valence-electron chi connectivity index (χ1n) is 45.3. The number of hydrogen-bond donors (Lipinski definition) is 34. The molecule has 0 amide bonds. The fourth-order valence-electron chi connectivity index (χ4n) is 19.3. The highest BCUT2D eigenvalue weighted by atomic mass is 16.8. The van der Waals surface area contributed by atoms with Crippen molar-refractivity contribution in [3.05, 3.63) is 35.4 Å². The van der Waals surface area contributed by atoms with E-state index in [0.29, 0.717) is 0 Å². The molecule has 140 heavy (non-hydrogen) atoms. The van der Waals surface area contributed by atoms with Crippen molar-refractivity contribution in [3.8, 4) is 0 Å². The van der Waals surface area contributed by atoms with Crippen LogP contribution in [-0.2, 0) is 136 Å². The molecule has 38 aliphatic heterocycles. The molecule has 1 aromatic carbocycles. The largest absolute Gasteiger partial charge is 0.394 e. The van der Waals surface area contributed by atoms with Crippen LogP contribution in [0.1, 0.15) is 11.1 Å². The molecule has 0 unspecified atom stereocenters. The normalized spacial score (nSPS) is 53.0. The first kappa shape index (κ1) is 111. The van der Waals surface area contributed by atoms with Gasteiger partial charge in [0.25, 0.3) is 0 Å². The summed E-state index contributed by atoms with van der Waals surface area (Å²) in [4.78, 5) is 0. The molecule has 1 aromatic rings. The molecule has 0 aromatic heterocycles. The quantitative estimate of drug-likeness (QED) is 0.0649. The van der Waals surface area contributed by atoms with E-state index in [4.69, 9.17) is 123 Å². The maximum Gasteiger partial charge on any atom is 0.187 e. The van der Waals surface area contributed by atoms with E-state index in [1.165, 1.54) is 24.3 Å². The highest BCUT2D eigenvalue weighted by Crippen LogP contribution is 2.44. The summed E-state index contributed by atoms with van der Waals surface area (Å²) in [5.74, 6) is 0. The fraction of sp³-hybridized carbons (Fsp3) is 0.925. The smallest absolute Gasteiger partial charge is 0.187 e. The van der Waals surface area contributed by atoms with Crippen molar-refractivity contribution >= 4 is 0 Å². The van der Waals surface area contributed by atoms with Gasteiger partial charge in [0.05, 0.1) is 92.5 Å². The molecular weight excluding hydrogens is 1920 g/mol. The van der Waals surface area contributed by atoms with E-state index in [-0.39, 0.29) is 11.1 Å². The van der Waals surface area contributed by atoms with Gasteiger partial charge in [-0.15, -0.1) is 0 Å². The van der Waals surface area contributed by atoms with Crippen LogP contribution < -0.4 is 0 Å². The van der Waals surface area contributed by atoms with Crippen molar-refractivity contribution in [2.75, 3.05) is 79.3 Å². The molecule has 806 valence electrons. The molecule has 60 nitrogen and oxygen atoms in total. The van der Waals surface area contributed by atoms with Crippen LogP contribution in [0.15, 0.2) is 24.3 Å². The van der Waals surface area contributed by atoms with E-state index in [9.17, 15) is 174 Å². The molecule has 34 N–H and O–H groups in total. The van der Waals surface area contributed by atoms with Gasteiger partial charge in [-0.2, -0.15) is 0 Å². The molecule has 0 radical (unpaired) electrons. The van der Waals surface area contributed by atoms with Gasteiger partial charge >= 0.3 is 0 Å². The molecule has 38 aliphatic rings. The molecule has 60 atom stereocenters. The Kier molecular flexibility index (Phi) is 38.0. The number of rotatable bonds is 18. The third kappa shape index (κ3) is 22.3. The van der Waals surface area contributed by atoms with Crippen LogP contribution in [0, 0.1) is 0 Å². The van der Waals surface area contributed by atoms with Gasteiger partial charge in [-0.3, -0.25) is 0 Å². The molecule has 38 heterocycles. The van der Waals surface area contributed by atoms with Crippen molar-refractivity contribution in [1.82, 2.24) is 0 Å². The number of aliphatic hydroxyl groups is 34. The predicted octanol–water partition coefficient (Wildman–Crippen LogP) is -23.3. The average Bonchev–Trinajstić information content (AvgIpc) is 0.766. The molecule has 24 bridgehead atoms. The summed E-state index contributed by atoms with van der Waals surface area (Å²) in [6, 6.07) is 5.43. The van der Waals surface area contributed by atoms with Gasteiger partial charge in [0, 0.05) is 0 Å². The molecule has 0 saturated carbocycles. The van der Waals surface area contributed by atoms with E-state index >= 15 is 0 Å². The fourth-order valence-corrected chi connectivity index (χ4v) is 19.3. The van der Waals surface area contributed by atoms with Crippen LogP contribution >= 0.6 is 0 Å². The van der Waals surface area contributed by atoms with Crippen LogP contribution in [0.2, 0.25) is 0 Å². The Labute approximate surface area is 790 Å². The Bertz CT molecular complexity index is 3670. The van der Waals surface area contributed by atoms with Crippen LogP contribution in [0.5, 0.6) is 0 Å². The molecule has 0 spiro atoms. The average molecular weight is 2050 g/mol. The van der Waals surface area contributed by atoms with Gasteiger partial charge in [0.15, 0.2) is 75.5 Å². The van der Waals surface area contributed by atoms with E-state index in [2.05, 4.69) is 0 Å². The van der Waals surface area contributed by atoms with Gasteiger partial charge in [-0.1, -0.05) is 24.3 Å². The van der Waals surface area contributed by atoms with Gasteiger partial charge in [-0.25, -0.2) is 0 Å². The number of ether oxygens (including phenoxy) is 26. The van der Waals surface area contributed by atoms with Crippen LogP contribution in [-0.4, -0.2) is 621 Å². The van der Waals surface area contributed by atoms with E-state index in [1.54, 1.807) is 0 Å². The van der Waals surface area contributed by atoms with Crippen molar-refractivity contribution in [2.45, 2.75) is 382 Å². The minimum absolute atomic E-state index is 0.139. The van der Waals surface area contributed by atoms with Crippen LogP contribution in [0.3, 0.4) is 0 Å². The molecule has 39 rings (SSSR count). The zero-order valence-electron chi connectivity index (χ0n) is 73.7. The molecule has 38 saturated heterocycles. The predicted molar refractivity (Wildman–Crippen MR) is 423 cm³/mol. The van der Waals surface area contributed by atoms with Crippen molar-refractivity contribution in [2.24, 2.45) is 0 Å². The first-order valence-corrected chi connectivity index (χ1v) is 45.3. The summed E-state index contributed by atoms with van der Waals surface area (Å²) in [6.07, 6.45) is -126. The summed E-state index contributed by atoms with van der Waals surface area (Å²) in [5.41, 5.74) is 0.279. The Hall–Kier alpha value is -3.18. The van der Waals surface area contributed by atoms with Crippen molar-refractivity contribution < 1.29 is 297 Å². The van der Waals surface area contributed by atoms with Crippen molar-refractivity contribution in [3.63, 3.8) is 0 Å². The lowest BCUT2D eigenvalue weighted by atomic mass is 9.94. The lowest BCUT2D eigenvalue weighted by Gasteiger charge is -2.51. The van der Waals surface area contributed by atoms with Gasteiger partial charge in [0.2, 0.25) is 0 Å². The van der Waals surface area contributed by atoms with Crippen LogP contribution in [0.4, 0.5) is 0 Å². The number of benzene rings is 1. The molecule has 38 fully saturated rings. The number of hydrogen-bond acceptors (Lipinski definition) is 60. The van der Waals surface area contributed by atoms with Crippen LogP contribution in [0.25, 0.3) is 0 Å². The van der Waals surface area contributed by atoms with E-state index < -0.39 is 461 Å². The van der Waals surface area contributed by atoms with Gasteiger partial charge in [0.1, 0.15) is 293 Å². The second-order valence-corrected chi connectivity index (χ2v) is 36.1. The van der Waals surface area contributed by atoms with Gasteiger partial charge < -0.3 is 297 Å². The Morgan fingerprint density at radius 2 is 0.250 bits per heavy atom. The Morgan fingerprint density at radius 3 is 0.371 bits per heavy atom. The summed E-state index contributed by atoms with van der Waals surface area (Å²) in [6.45, 7) is -14.9. The monoisotopic (exact) mass is 2050 g/mol. The van der Waals surface area contributed by atoms with Gasteiger partial charge in [-0.05, 0) is 11.1 Å². The second kappa shape index (κ2) is 48.0. The third-order valence-electron chi connectivity index (χ3n) is 27.2. The second-order valence-electron chi connectivity index (χ2n) is 36.1. The standard InChI is InChI=1S/C80H126O60/c81-5-21-55-33(93)43(103)69(117-21)129-57-23(7-83)119-73(45(105)35(57)95)133-61-27(11-87)123-77(49(109)39(61)99)137-65-31(15-91)127-79(139-63-29(13-89)125-75(51(111)41(63)101)135-59-25(9-85)121-71(131-55)47(107)37(59)97)67(53(65)113)115-17-19-1-2-20(4-3-19)18-116-68-54(114)66-32(16-92)128-80(68)140-64-30(14-90)126-76(52(112)42(64)102)136-60-26(10-86)122-72(48(108)38(60)98)132-56-22(6-82)118-70(44(104)34(56)94)130-58-24(8-84)120-74(46(106)36(58)96)134-62-28(12-88)124-78(138-66)50(110)40(62)100/h1-4,21-114H,5-18H2/t21-,22-,23-,24-,25-,26-,27-,28-,29-,30-,31-,32-,33-,34-,35-,36-,37-,38-,39-,40-,41-,42-,43-,44-,45-,46-,47-,48-,49-,50-,51-,52-,53+,54+,55-,56-,57-,58-,59-,60-,61-,62-,63-,64-,65-,66-,67-,68-,69-,70-,71-,72-,73-,74-,75-,76-,77-,78-,79-,80-/m1/s1. The molecule has 60 heteroatoms. The summed E-state index contributed by atoms with van der Waals surface area (Å²) in [5, 5.41) is 388. The number of aliphatic hydroxyl groups excluding tert-OH is 34. The summed E-state index contributed by atoms with van der Waals surface area (Å²) in [7, 11) is 0. The molecular formula is C80H126O60. The summed E-state index contributed by atoms with van der Waals surface area (Å²) < 4.78 is 154. The summed E-state index contributed by atoms with van der Waals surface area (Å²) >= 11 is 0. The highest BCUT2D eigenvalue weighted by molar-refractivity contribution is 5.22. The van der Waals surface area contributed by atoms with E-state index in [1.807, 2.05) is 0 Å². The highest BCUT2D eigenvalue weighted by Gasteiger charge is 2.64. The lowest BCUT2D eigenvalue weighted by molar-refractivity contribution is -0.405. The minimum Gasteiger partial charge on any atom is -0.394 e. The lowest BCUT2D eigenvalue weighted by Crippen LogP contribution is -2.69. The SMILES string of the molecule is OC[C@H]1O[C@@H]2O[C@H]3[C@H](O)[C@@H](O)[C@@H](O[C@H]4[C@H](O)[C@@H](O)[C@@H](O[C@H]5[C@H](O)[C@@H](OCc6ccc(CO[C@H]7[C@H]8O[C@H]9[C@H](O)[C@@H](O)[C@@H](O[C@H]%10[C@H](O)[C@@H](O)[C@@H](O[C@H]%11[C@H](O)[C@@H](O)[C@@H](O[C@H]%12[C@H](O)[C@@H](O)[C@@H](O[C@H]%13[C@H](O)[C@@H](O)[C@@H](O[C@@H]([C@@H]7O)[C@@H](CO)O8)O[C@@H]%13CO)O[C@@H]%12CO)O[C@@H]%11CO)O[C@@H]%10CO)O[C@@H]9CO)cc6)[C@@H](O[C@H]6[C@H](O)[C@@H](O)[C@@H](O[C@H]7[C@H](O)[C@@H](O)[C@@H](O[C@H]1[C@H](O)[C@H]2O)O[C@@H]7CO)O[C@@H]6CO)O[C@@H]5CO)O[C@@H]4CO)O[C@@H]3CO. The van der Waals surface area contributed by atoms with E-state index in [0.717, 1.165) is 0 Å². The van der Waals surface area contributed by atoms with Crippen molar-refractivity contribution in [1.29, 1.82) is 0 Å². The Morgan fingerprint density at radius 1 is 0.143 bits per heavy atom. The topological polar surface area (TPSA) is 928 Å².